The van der Waals surface area contributed by atoms with Crippen molar-refractivity contribution in [2.75, 3.05) is 5.73 Å². The van der Waals surface area contributed by atoms with Crippen molar-refractivity contribution in [3.05, 3.63) is 23.3 Å². The third kappa shape index (κ3) is 4.32. The fourth-order valence-corrected chi connectivity index (χ4v) is 1.52. The van der Waals surface area contributed by atoms with Gasteiger partial charge in [-0.15, -0.1) is 0 Å². The summed E-state index contributed by atoms with van der Waals surface area (Å²) in [6.07, 6.45) is -5.27. The Bertz CT molecular complexity index is 520. The Morgan fingerprint density at radius 3 is 2.25 bits per heavy atom. The number of hydrogen-bond acceptors (Lipinski definition) is 3. The largest absolute Gasteiger partial charge is 0.416 e. The number of ether oxygens (including phenoxy) is 1. The third-order valence-electron chi connectivity index (χ3n) is 2.34. The molecule has 1 aromatic rings. The van der Waals surface area contributed by atoms with E-state index in [1.807, 2.05) is 0 Å². The maximum atomic E-state index is 12.7. The number of aryl methyl sites for hydroxylation is 1. The lowest BCUT2D eigenvalue weighted by atomic mass is 10.1. The fraction of sp³-hybridized carbons (Fsp3) is 0.462. The summed E-state index contributed by atoms with van der Waals surface area (Å²) >= 11 is 0. The molecule has 0 spiro atoms. The Kier molecular flexibility index (Phi) is 4.21. The number of nitrogens with two attached hydrogens (primary N) is 1. The molecular weight excluding hydrogens is 273 g/mol. The molecule has 1 amide bonds. The van der Waals surface area contributed by atoms with Gasteiger partial charge in [-0.25, -0.2) is 4.79 Å². The van der Waals surface area contributed by atoms with Crippen molar-refractivity contribution < 1.29 is 22.7 Å². The van der Waals surface area contributed by atoms with Crippen LogP contribution in [-0.2, 0) is 6.18 Å². The minimum absolute atomic E-state index is 0.0646. The van der Waals surface area contributed by atoms with Crippen LogP contribution in [0, 0.1) is 6.92 Å². The number of halogens is 3. The minimum Gasteiger partial charge on any atom is -0.408 e. The van der Waals surface area contributed by atoms with Gasteiger partial charge in [0.25, 0.3) is 0 Å². The van der Waals surface area contributed by atoms with Gasteiger partial charge in [-0.05, 0) is 45.4 Å². The van der Waals surface area contributed by atoms with E-state index in [0.29, 0.717) is 0 Å². The second kappa shape index (κ2) is 5.22. The van der Waals surface area contributed by atoms with E-state index in [9.17, 15) is 18.0 Å². The van der Waals surface area contributed by atoms with Gasteiger partial charge < -0.3 is 15.8 Å². The zero-order valence-electron chi connectivity index (χ0n) is 11.7. The van der Waals surface area contributed by atoms with Crippen molar-refractivity contribution in [2.45, 2.75) is 39.4 Å². The highest BCUT2D eigenvalue weighted by molar-refractivity contribution is 5.74. The molecule has 3 N–H and O–H groups in total. The molecule has 112 valence electrons. The van der Waals surface area contributed by atoms with E-state index in [0.717, 1.165) is 12.1 Å². The Hall–Kier alpha value is -1.92. The van der Waals surface area contributed by atoms with E-state index < -0.39 is 23.4 Å². The first-order valence-corrected chi connectivity index (χ1v) is 5.87. The van der Waals surface area contributed by atoms with Crippen LogP contribution >= 0.6 is 0 Å². The predicted molar refractivity (Wildman–Crippen MR) is 69.5 cm³/mol. The second-order valence-electron chi connectivity index (χ2n) is 5.47. The van der Waals surface area contributed by atoms with Crippen molar-refractivity contribution >= 4 is 11.8 Å². The average molecular weight is 290 g/mol. The monoisotopic (exact) mass is 290 g/mol. The Balaban J connectivity index is 2.99. The molecule has 4 nitrogen and oxygen atoms in total. The molecule has 1 aromatic carbocycles. The van der Waals surface area contributed by atoms with E-state index in [1.54, 1.807) is 20.8 Å². The van der Waals surface area contributed by atoms with Crippen LogP contribution < -0.4 is 15.8 Å². The lowest BCUT2D eigenvalue weighted by Gasteiger charge is -2.20. The first-order chi connectivity index (χ1) is 8.90. The number of hydrogen-bond donors (Lipinski definition) is 2. The summed E-state index contributed by atoms with van der Waals surface area (Å²) in [5.41, 5.74) is 3.82. The second-order valence-corrected chi connectivity index (χ2v) is 5.47. The standard InChI is InChI=1S/C13H17F3N2O2/c1-7-5-10(20-11(19)18-12(2,3)4)9(17)6-8(7)13(14,15)16/h5-6H,17H2,1-4H3,(H,18,19). The highest BCUT2D eigenvalue weighted by atomic mass is 19.4. The lowest BCUT2D eigenvalue weighted by Crippen LogP contribution is -2.42. The summed E-state index contributed by atoms with van der Waals surface area (Å²) in [5, 5.41) is 2.52. The van der Waals surface area contributed by atoms with Gasteiger partial charge in [0, 0.05) is 5.54 Å². The zero-order chi connectivity index (χ0) is 15.7. The molecule has 7 heteroatoms. The highest BCUT2D eigenvalue weighted by Crippen LogP contribution is 2.36. The topological polar surface area (TPSA) is 64.3 Å². The molecular formula is C13H17F3N2O2. The van der Waals surface area contributed by atoms with Crippen LogP contribution in [0.1, 0.15) is 31.9 Å². The molecule has 0 aromatic heterocycles. The molecule has 0 heterocycles. The summed E-state index contributed by atoms with van der Waals surface area (Å²) in [7, 11) is 0. The van der Waals surface area contributed by atoms with E-state index in [2.05, 4.69) is 5.32 Å². The molecule has 0 bridgehead atoms. The van der Waals surface area contributed by atoms with Crippen LogP contribution in [-0.4, -0.2) is 11.6 Å². The Morgan fingerprint density at radius 2 is 1.80 bits per heavy atom. The smallest absolute Gasteiger partial charge is 0.408 e. The number of amides is 1. The number of carbonyl (C=O) groups excluding carboxylic acids is 1. The minimum atomic E-state index is -4.50. The van der Waals surface area contributed by atoms with Crippen molar-refractivity contribution in [1.82, 2.24) is 5.32 Å². The third-order valence-corrected chi connectivity index (χ3v) is 2.34. The average Bonchev–Trinajstić information content (AvgIpc) is 2.18. The molecule has 0 fully saturated rings. The number of carbonyl (C=O) groups is 1. The molecule has 20 heavy (non-hydrogen) atoms. The van der Waals surface area contributed by atoms with Crippen LogP contribution in [0.25, 0.3) is 0 Å². The van der Waals surface area contributed by atoms with Crippen LogP contribution in [0.4, 0.5) is 23.7 Å². The van der Waals surface area contributed by atoms with Gasteiger partial charge in [0.2, 0.25) is 0 Å². The van der Waals surface area contributed by atoms with E-state index in [-0.39, 0.29) is 17.0 Å². The zero-order valence-corrected chi connectivity index (χ0v) is 11.7. The van der Waals surface area contributed by atoms with E-state index >= 15 is 0 Å². The number of anilines is 1. The van der Waals surface area contributed by atoms with Crippen LogP contribution in [0.2, 0.25) is 0 Å². The maximum Gasteiger partial charge on any atom is 0.416 e. The van der Waals surface area contributed by atoms with E-state index in [1.165, 1.54) is 6.92 Å². The SMILES string of the molecule is Cc1cc(OC(=O)NC(C)(C)C)c(N)cc1C(F)(F)F. The van der Waals surface area contributed by atoms with E-state index in [4.69, 9.17) is 10.5 Å². The molecule has 0 saturated carbocycles. The number of benzene rings is 1. The number of rotatable bonds is 1. The van der Waals surface area contributed by atoms with Gasteiger partial charge >= 0.3 is 12.3 Å². The van der Waals surface area contributed by atoms with Crippen LogP contribution in [0.15, 0.2) is 12.1 Å². The number of nitrogens with one attached hydrogen (secondary N) is 1. The molecule has 0 aliphatic rings. The molecule has 0 unspecified atom stereocenters. The van der Waals surface area contributed by atoms with Gasteiger partial charge in [0.05, 0.1) is 11.3 Å². The summed E-state index contributed by atoms with van der Waals surface area (Å²) in [5.74, 6) is -0.0998. The van der Waals surface area contributed by atoms with Crippen molar-refractivity contribution in [1.29, 1.82) is 0 Å². The lowest BCUT2D eigenvalue weighted by molar-refractivity contribution is -0.138. The van der Waals surface area contributed by atoms with Crippen molar-refractivity contribution in [3.63, 3.8) is 0 Å². The van der Waals surface area contributed by atoms with Gasteiger partial charge in [-0.2, -0.15) is 13.2 Å². The maximum absolute atomic E-state index is 12.7. The summed E-state index contributed by atoms with van der Waals surface area (Å²) in [4.78, 5) is 11.6. The number of nitrogen functional groups attached to an aromatic ring is 1. The summed E-state index contributed by atoms with van der Waals surface area (Å²) in [6.45, 7) is 6.51. The molecule has 0 radical (unpaired) electrons. The fourth-order valence-electron chi connectivity index (χ4n) is 1.52. The van der Waals surface area contributed by atoms with Crippen molar-refractivity contribution in [3.8, 4) is 5.75 Å². The van der Waals surface area contributed by atoms with Gasteiger partial charge in [0.1, 0.15) is 0 Å². The van der Waals surface area contributed by atoms with Crippen LogP contribution in [0.3, 0.4) is 0 Å². The number of alkyl halides is 3. The first-order valence-electron chi connectivity index (χ1n) is 5.87. The molecule has 0 atom stereocenters. The van der Waals surface area contributed by atoms with Crippen molar-refractivity contribution in [2.24, 2.45) is 0 Å². The molecule has 0 saturated heterocycles. The quantitative estimate of drug-likeness (QED) is 0.778. The van der Waals surface area contributed by atoms with Gasteiger partial charge in [-0.1, -0.05) is 0 Å². The molecule has 0 aliphatic carbocycles. The molecule has 1 rings (SSSR count). The normalized spacial score (nSPS) is 12.2. The Morgan fingerprint density at radius 1 is 1.25 bits per heavy atom. The first kappa shape index (κ1) is 16.1. The molecule has 0 aliphatic heterocycles. The predicted octanol–water partition coefficient (Wildman–Crippen LogP) is 3.48. The highest BCUT2D eigenvalue weighted by Gasteiger charge is 2.33. The van der Waals surface area contributed by atoms with Gasteiger partial charge in [0.15, 0.2) is 5.75 Å². The van der Waals surface area contributed by atoms with Gasteiger partial charge in [-0.3, -0.25) is 0 Å². The Labute approximate surface area is 115 Å². The van der Waals surface area contributed by atoms with Crippen LogP contribution in [0.5, 0.6) is 5.75 Å². The summed E-state index contributed by atoms with van der Waals surface area (Å²) in [6, 6.07) is 1.86. The summed E-state index contributed by atoms with van der Waals surface area (Å²) < 4.78 is 42.9.